The molecule has 90 valence electrons. The maximum absolute atomic E-state index is 13.1. The van der Waals surface area contributed by atoms with Gasteiger partial charge in [-0.15, -0.1) is 0 Å². The van der Waals surface area contributed by atoms with E-state index >= 15 is 0 Å². The first-order valence-corrected chi connectivity index (χ1v) is 5.20. The largest absolute Gasteiger partial charge is 0.368 e. The molecular weight excluding hydrogens is 221 g/mol. The van der Waals surface area contributed by atoms with E-state index in [-0.39, 0.29) is 11.6 Å². The summed E-state index contributed by atoms with van der Waals surface area (Å²) in [5, 5.41) is 11.7. The zero-order valence-corrected chi connectivity index (χ0v) is 9.70. The number of nitrogens with one attached hydrogen (secondary N) is 1. The molecule has 0 heterocycles. The van der Waals surface area contributed by atoms with Crippen LogP contribution in [0.5, 0.6) is 0 Å². The molecule has 1 aromatic carbocycles. The van der Waals surface area contributed by atoms with Crippen LogP contribution in [0, 0.1) is 17.1 Å². The first kappa shape index (κ1) is 13.1. The second-order valence-corrected chi connectivity index (χ2v) is 4.01. The monoisotopic (exact) mass is 235 g/mol. The van der Waals surface area contributed by atoms with Crippen LogP contribution in [0.4, 0.5) is 4.39 Å². The van der Waals surface area contributed by atoms with E-state index in [0.29, 0.717) is 5.56 Å². The average molecular weight is 235 g/mol. The van der Waals surface area contributed by atoms with Crippen molar-refractivity contribution in [3.8, 4) is 6.07 Å². The van der Waals surface area contributed by atoms with E-state index < -0.39 is 17.8 Å². The quantitative estimate of drug-likeness (QED) is 0.823. The lowest BCUT2D eigenvalue weighted by atomic mass is 10.0. The number of nitrogens with zero attached hydrogens (tertiary/aromatic N) is 1. The molecule has 5 heteroatoms. The van der Waals surface area contributed by atoms with Crippen LogP contribution in [0.1, 0.15) is 31.0 Å². The third-order valence-electron chi connectivity index (χ3n) is 2.23. The molecule has 0 aliphatic heterocycles. The summed E-state index contributed by atoms with van der Waals surface area (Å²) in [6.07, 6.45) is 0. The number of nitriles is 1. The molecule has 4 nitrogen and oxygen atoms in total. The van der Waals surface area contributed by atoms with Gasteiger partial charge in [0.15, 0.2) is 0 Å². The number of amides is 1. The number of rotatable bonds is 4. The number of hydrogen-bond donors (Lipinski definition) is 2. The van der Waals surface area contributed by atoms with E-state index in [1.807, 2.05) is 13.8 Å². The molecule has 0 saturated heterocycles. The maximum Gasteiger partial charge on any atom is 0.239 e. The van der Waals surface area contributed by atoms with Crippen LogP contribution in [0.2, 0.25) is 0 Å². The van der Waals surface area contributed by atoms with Crippen molar-refractivity contribution in [1.82, 2.24) is 5.32 Å². The predicted molar refractivity (Wildman–Crippen MR) is 61.3 cm³/mol. The molecule has 0 spiro atoms. The highest BCUT2D eigenvalue weighted by molar-refractivity contribution is 5.81. The summed E-state index contributed by atoms with van der Waals surface area (Å²) in [6, 6.07) is 4.99. The van der Waals surface area contributed by atoms with Crippen LogP contribution in [0.3, 0.4) is 0 Å². The molecule has 0 saturated carbocycles. The molecule has 3 N–H and O–H groups in total. The number of primary amides is 1. The predicted octanol–water partition coefficient (Wildman–Crippen LogP) is 1.22. The van der Waals surface area contributed by atoms with Crippen molar-refractivity contribution < 1.29 is 9.18 Å². The zero-order chi connectivity index (χ0) is 13.0. The molecule has 1 rings (SSSR count). The molecule has 17 heavy (non-hydrogen) atoms. The zero-order valence-electron chi connectivity index (χ0n) is 9.70. The lowest BCUT2D eigenvalue weighted by Crippen LogP contribution is -2.37. The summed E-state index contributed by atoms with van der Waals surface area (Å²) in [7, 11) is 0. The van der Waals surface area contributed by atoms with Gasteiger partial charge in [-0.05, 0) is 31.5 Å². The Morgan fingerprint density at radius 1 is 1.53 bits per heavy atom. The highest BCUT2D eigenvalue weighted by Gasteiger charge is 2.19. The Morgan fingerprint density at radius 3 is 2.65 bits per heavy atom. The maximum atomic E-state index is 13.1. The number of halogens is 1. The van der Waals surface area contributed by atoms with Gasteiger partial charge in [0.2, 0.25) is 5.91 Å². The second-order valence-electron chi connectivity index (χ2n) is 4.01. The molecule has 1 unspecified atom stereocenters. The molecule has 0 aromatic heterocycles. The Balaban J connectivity index is 3.11. The smallest absolute Gasteiger partial charge is 0.239 e. The van der Waals surface area contributed by atoms with E-state index in [4.69, 9.17) is 11.0 Å². The molecule has 0 aliphatic rings. The Bertz CT molecular complexity index is 465. The van der Waals surface area contributed by atoms with Crippen molar-refractivity contribution in [2.75, 3.05) is 0 Å². The highest BCUT2D eigenvalue weighted by atomic mass is 19.1. The molecule has 1 aromatic rings. The van der Waals surface area contributed by atoms with Crippen molar-refractivity contribution in [2.45, 2.75) is 25.9 Å². The van der Waals surface area contributed by atoms with Crippen LogP contribution in [0.25, 0.3) is 0 Å². The third-order valence-corrected chi connectivity index (χ3v) is 2.23. The van der Waals surface area contributed by atoms with Gasteiger partial charge in [0.05, 0.1) is 5.56 Å². The van der Waals surface area contributed by atoms with E-state index in [9.17, 15) is 9.18 Å². The van der Waals surface area contributed by atoms with Gasteiger partial charge in [-0.2, -0.15) is 5.26 Å². The van der Waals surface area contributed by atoms with Crippen molar-refractivity contribution in [3.05, 3.63) is 35.1 Å². The summed E-state index contributed by atoms with van der Waals surface area (Å²) in [5.41, 5.74) is 5.66. The van der Waals surface area contributed by atoms with Crippen molar-refractivity contribution >= 4 is 5.91 Å². The van der Waals surface area contributed by atoms with Gasteiger partial charge in [-0.3, -0.25) is 10.1 Å². The molecule has 1 atom stereocenters. The van der Waals surface area contributed by atoms with Crippen molar-refractivity contribution in [3.63, 3.8) is 0 Å². The second kappa shape index (κ2) is 5.41. The van der Waals surface area contributed by atoms with Crippen LogP contribution >= 0.6 is 0 Å². The van der Waals surface area contributed by atoms with Gasteiger partial charge >= 0.3 is 0 Å². The Hall–Kier alpha value is -1.93. The van der Waals surface area contributed by atoms with E-state index in [1.54, 1.807) is 6.07 Å². The van der Waals surface area contributed by atoms with Crippen molar-refractivity contribution in [2.24, 2.45) is 5.73 Å². The lowest BCUT2D eigenvalue weighted by Gasteiger charge is -2.18. The number of carbonyl (C=O) groups excluding carboxylic acids is 1. The van der Waals surface area contributed by atoms with E-state index in [0.717, 1.165) is 6.07 Å². The highest BCUT2D eigenvalue weighted by Crippen LogP contribution is 2.17. The normalized spacial score (nSPS) is 12.2. The Labute approximate surface area is 99.2 Å². The number of benzene rings is 1. The summed E-state index contributed by atoms with van der Waals surface area (Å²) in [6.45, 7) is 3.73. The van der Waals surface area contributed by atoms with Crippen LogP contribution < -0.4 is 11.1 Å². The van der Waals surface area contributed by atoms with Gasteiger partial charge in [-0.25, -0.2) is 4.39 Å². The van der Waals surface area contributed by atoms with Crippen LogP contribution in [0.15, 0.2) is 18.2 Å². The summed E-state index contributed by atoms with van der Waals surface area (Å²) in [4.78, 5) is 11.3. The SMILES string of the molecule is CC(C)NC(C(N)=O)c1ccc(F)c(C#N)c1. The standard InChI is InChI=1S/C12H14FN3O/c1-7(2)16-11(12(15)17)8-3-4-10(13)9(5-8)6-14/h3-5,7,11,16H,1-2H3,(H2,15,17). The molecule has 0 fully saturated rings. The van der Waals surface area contributed by atoms with Gasteiger partial charge in [0.1, 0.15) is 17.9 Å². The Kier molecular flexibility index (Phi) is 4.18. The van der Waals surface area contributed by atoms with E-state index in [2.05, 4.69) is 5.32 Å². The van der Waals surface area contributed by atoms with Gasteiger partial charge in [-0.1, -0.05) is 6.07 Å². The molecule has 0 aliphatic carbocycles. The summed E-state index contributed by atoms with van der Waals surface area (Å²) >= 11 is 0. The number of hydrogen-bond acceptors (Lipinski definition) is 3. The minimum Gasteiger partial charge on any atom is -0.368 e. The average Bonchev–Trinajstić information content (AvgIpc) is 2.26. The Morgan fingerprint density at radius 2 is 2.18 bits per heavy atom. The van der Waals surface area contributed by atoms with Gasteiger partial charge in [0.25, 0.3) is 0 Å². The topological polar surface area (TPSA) is 78.9 Å². The number of nitrogens with two attached hydrogens (primary N) is 1. The van der Waals surface area contributed by atoms with Crippen molar-refractivity contribution in [1.29, 1.82) is 5.26 Å². The fourth-order valence-corrected chi connectivity index (χ4v) is 1.48. The first-order valence-electron chi connectivity index (χ1n) is 5.20. The number of carbonyl (C=O) groups is 1. The lowest BCUT2D eigenvalue weighted by molar-refractivity contribution is -0.120. The first-order chi connectivity index (χ1) is 7.95. The fourth-order valence-electron chi connectivity index (χ4n) is 1.48. The minimum atomic E-state index is -0.720. The van der Waals surface area contributed by atoms with Gasteiger partial charge < -0.3 is 5.73 Å². The molecule has 0 bridgehead atoms. The minimum absolute atomic E-state index is 0.0445. The van der Waals surface area contributed by atoms with Crippen LogP contribution in [-0.2, 0) is 4.79 Å². The summed E-state index contributed by atoms with van der Waals surface area (Å²) in [5.74, 6) is -1.17. The third kappa shape index (κ3) is 3.26. The van der Waals surface area contributed by atoms with E-state index in [1.165, 1.54) is 12.1 Å². The molecule has 0 radical (unpaired) electrons. The molecular formula is C12H14FN3O. The van der Waals surface area contributed by atoms with Gasteiger partial charge in [0, 0.05) is 6.04 Å². The summed E-state index contributed by atoms with van der Waals surface area (Å²) < 4.78 is 13.1. The van der Waals surface area contributed by atoms with Crippen LogP contribution in [-0.4, -0.2) is 11.9 Å². The fraction of sp³-hybridized carbons (Fsp3) is 0.333. The molecule has 1 amide bonds.